The van der Waals surface area contributed by atoms with Crippen LogP contribution in [0.15, 0.2) is 413 Å². The summed E-state index contributed by atoms with van der Waals surface area (Å²) < 4.78 is 4.70. The number of hydrogen-bond donors (Lipinski definition) is 0. The van der Waals surface area contributed by atoms with Crippen LogP contribution in [-0.2, 0) is 10.8 Å². The van der Waals surface area contributed by atoms with E-state index < -0.39 is 0 Å². The fourth-order valence-corrected chi connectivity index (χ4v) is 19.5. The van der Waals surface area contributed by atoms with E-state index >= 15 is 0 Å². The highest BCUT2D eigenvalue weighted by atomic mass is 15.1. The minimum atomic E-state index is -0.118. The first kappa shape index (κ1) is 76.8. The van der Waals surface area contributed by atoms with Gasteiger partial charge in [0.1, 0.15) is 0 Å². The summed E-state index contributed by atoms with van der Waals surface area (Å²) in [5.41, 5.74) is 40.2. The largest absolute Gasteiger partial charge is 0.310 e. The van der Waals surface area contributed by atoms with Gasteiger partial charge in [-0.15, -0.1) is 25.7 Å². The number of anilines is 6. The molecule has 126 heavy (non-hydrogen) atoms. The van der Waals surface area contributed by atoms with Crippen LogP contribution >= 0.6 is 0 Å². The van der Waals surface area contributed by atoms with E-state index in [0.717, 1.165) is 145 Å². The van der Waals surface area contributed by atoms with Crippen molar-refractivity contribution in [3.8, 4) is 150 Å². The fourth-order valence-electron chi connectivity index (χ4n) is 19.5. The van der Waals surface area contributed by atoms with Crippen molar-refractivity contribution in [1.29, 1.82) is 0 Å². The molecule has 0 N–H and O–H groups in total. The van der Waals surface area contributed by atoms with Gasteiger partial charge in [-0.3, -0.25) is 0 Å². The van der Waals surface area contributed by atoms with Crippen molar-refractivity contribution in [3.63, 3.8) is 0 Å². The molecule has 0 saturated heterocycles. The summed E-state index contributed by atoms with van der Waals surface area (Å²) >= 11 is 0. The third-order valence-electron chi connectivity index (χ3n) is 25.9. The second-order valence-electron chi connectivity index (χ2n) is 33.7. The number of hydrogen-bond acceptors (Lipinski definition) is 2. The van der Waals surface area contributed by atoms with E-state index in [1.54, 1.807) is 0 Å². The number of aromatic nitrogens is 2. The van der Waals surface area contributed by atoms with Gasteiger partial charge in [0, 0.05) is 100 Å². The maximum atomic E-state index is 6.05. The zero-order valence-corrected chi connectivity index (χ0v) is 70.4. The summed E-state index contributed by atoms with van der Waals surface area (Å²) in [5.74, 6) is 11.2. The van der Waals surface area contributed by atoms with Crippen molar-refractivity contribution in [2.75, 3.05) is 9.80 Å². The lowest BCUT2D eigenvalue weighted by Crippen LogP contribution is -2.16. The molecule has 18 aromatic carbocycles. The lowest BCUT2D eigenvalue weighted by molar-refractivity contribution is 0.660. The molecule has 20 aromatic rings. The average Bonchev–Trinajstić information content (AvgIpc) is 1.59. The molecule has 4 nitrogen and oxygen atoms in total. The Labute approximate surface area is 736 Å². The van der Waals surface area contributed by atoms with E-state index in [-0.39, 0.29) is 10.8 Å². The summed E-state index contributed by atoms with van der Waals surface area (Å²) in [6.45, 7) is 9.37. The molecule has 22 rings (SSSR count). The van der Waals surface area contributed by atoms with Crippen LogP contribution in [0.4, 0.5) is 34.1 Å². The van der Waals surface area contributed by atoms with Crippen LogP contribution < -0.4 is 9.80 Å². The molecular formula is C122H84N4. The standard InChI is InChI=1S/2C61H42N2/c1-5-41-18-15-22-52(51(41)6-2)46-29-37-60-56(39-46)55-38-45(28-36-59(55)63(60)47-19-11-8-12-20-47)44-26-32-49(33-27-44)62(48-30-24-43(25-31-48)42-16-9-7-10-17-42)50-34-35-54-53-21-13-14-23-57(53)61(3,4)58(54)40-50;1-5-41-21-22-46(37-42(41)6-2)48-28-36-60-56(39-48)55-38-47(27-35-59(55)63(60)49-17-11-8-12-18-49)45-25-31-51(32-26-45)62(50-29-23-44(24-30-50)43-15-9-7-10-16-43)52-33-34-54-53-19-13-14-20-57(53)61(3,4)58(54)40-52/h2*1-2,7-40H,3-4H3. The summed E-state index contributed by atoms with van der Waals surface area (Å²) in [6.07, 6.45) is 23.6. The molecule has 0 amide bonds. The van der Waals surface area contributed by atoms with E-state index in [9.17, 15) is 0 Å². The van der Waals surface area contributed by atoms with Crippen molar-refractivity contribution >= 4 is 77.7 Å². The lowest BCUT2D eigenvalue weighted by atomic mass is 9.82. The Bertz CT molecular complexity index is 7860. The highest BCUT2D eigenvalue weighted by molar-refractivity contribution is 6.13. The Kier molecular flexibility index (Phi) is 19.2. The van der Waals surface area contributed by atoms with Gasteiger partial charge >= 0.3 is 0 Å². The molecule has 0 bridgehead atoms. The molecule has 0 unspecified atom stereocenters. The first-order chi connectivity index (χ1) is 61.8. The number of nitrogens with zero attached hydrogens (tertiary/aromatic N) is 4. The predicted octanol–water partition coefficient (Wildman–Crippen LogP) is 31.0. The van der Waals surface area contributed by atoms with Crippen molar-refractivity contribution in [2.45, 2.75) is 38.5 Å². The van der Waals surface area contributed by atoms with Gasteiger partial charge in [0.25, 0.3) is 0 Å². The monoisotopic (exact) mass is 1600 g/mol. The van der Waals surface area contributed by atoms with E-state index in [1.165, 1.54) is 77.5 Å². The Hall–Kier alpha value is -16.6. The Morgan fingerprint density at radius 1 is 0.206 bits per heavy atom. The zero-order valence-electron chi connectivity index (χ0n) is 70.4. The van der Waals surface area contributed by atoms with Crippen LogP contribution in [0.2, 0.25) is 0 Å². The van der Waals surface area contributed by atoms with Crippen LogP contribution in [0.5, 0.6) is 0 Å². The van der Waals surface area contributed by atoms with E-state index in [2.05, 4.69) is 459 Å². The van der Waals surface area contributed by atoms with Crippen molar-refractivity contribution in [3.05, 3.63) is 457 Å². The summed E-state index contributed by atoms with van der Waals surface area (Å²) in [4.78, 5) is 4.77. The first-order valence-electron chi connectivity index (χ1n) is 42.8. The summed E-state index contributed by atoms with van der Waals surface area (Å²) in [6, 6.07) is 149. The molecule has 0 fully saturated rings. The second-order valence-corrected chi connectivity index (χ2v) is 33.7. The van der Waals surface area contributed by atoms with E-state index in [0.29, 0.717) is 0 Å². The van der Waals surface area contributed by atoms with Crippen molar-refractivity contribution < 1.29 is 0 Å². The average molecular weight is 1610 g/mol. The predicted molar refractivity (Wildman–Crippen MR) is 530 cm³/mol. The topological polar surface area (TPSA) is 16.3 Å². The van der Waals surface area contributed by atoms with Crippen LogP contribution in [0.25, 0.3) is 144 Å². The van der Waals surface area contributed by atoms with Crippen LogP contribution in [-0.4, -0.2) is 9.13 Å². The number of para-hydroxylation sites is 2. The molecule has 0 spiro atoms. The third kappa shape index (κ3) is 13.3. The van der Waals surface area contributed by atoms with Gasteiger partial charge in [-0.25, -0.2) is 0 Å². The molecule has 4 heteroatoms. The first-order valence-corrected chi connectivity index (χ1v) is 42.8. The van der Waals surface area contributed by atoms with Crippen LogP contribution in [0.1, 0.15) is 72.2 Å². The molecule has 0 saturated carbocycles. The fraction of sp³-hybridized carbons (Fsp3) is 0.0492. The third-order valence-corrected chi connectivity index (χ3v) is 25.9. The van der Waals surface area contributed by atoms with Gasteiger partial charge in [-0.2, -0.15) is 0 Å². The molecule has 2 aliphatic rings. The molecule has 2 aliphatic carbocycles. The summed E-state index contributed by atoms with van der Waals surface area (Å²) in [7, 11) is 0. The van der Waals surface area contributed by atoms with Gasteiger partial charge in [0.15, 0.2) is 0 Å². The SMILES string of the molecule is C#Cc1ccc(-c2ccc3c(c2)c2cc(-c4ccc(N(c5ccc(-c6ccccc6)cc5)c5ccc6c(c5)C(C)(C)c5ccccc5-6)cc4)ccc2n3-c2ccccc2)cc1C#C.C#Cc1cccc(-c2ccc3c(c2)c2cc(-c4ccc(N(c5ccc(-c6ccccc6)cc5)c5ccc6c(c5)C(C)(C)c5ccccc5-6)cc4)ccc2n3-c2ccccc2)c1C#C. The molecule has 0 radical (unpaired) electrons. The minimum Gasteiger partial charge on any atom is -0.310 e. The maximum Gasteiger partial charge on any atom is 0.0541 e. The van der Waals surface area contributed by atoms with Gasteiger partial charge in [-0.05, 0) is 275 Å². The minimum absolute atomic E-state index is 0.116. The van der Waals surface area contributed by atoms with Gasteiger partial charge in [0.2, 0.25) is 0 Å². The van der Waals surface area contributed by atoms with Crippen molar-refractivity contribution in [1.82, 2.24) is 9.13 Å². The lowest BCUT2D eigenvalue weighted by Gasteiger charge is -2.28. The van der Waals surface area contributed by atoms with Crippen molar-refractivity contribution in [2.24, 2.45) is 0 Å². The normalized spacial score (nSPS) is 12.4. The second kappa shape index (κ2) is 31.4. The molecular weight excluding hydrogens is 1520 g/mol. The van der Waals surface area contributed by atoms with E-state index in [1.807, 2.05) is 24.3 Å². The number of terminal acetylenes is 4. The maximum absolute atomic E-state index is 6.05. The molecule has 592 valence electrons. The van der Waals surface area contributed by atoms with Gasteiger partial charge in [0.05, 0.1) is 22.1 Å². The molecule has 2 aromatic heterocycles. The Balaban J connectivity index is 0.000000154. The van der Waals surface area contributed by atoms with E-state index in [4.69, 9.17) is 25.7 Å². The molecule has 0 aliphatic heterocycles. The smallest absolute Gasteiger partial charge is 0.0541 e. The Morgan fingerprint density at radius 2 is 0.500 bits per heavy atom. The highest BCUT2D eigenvalue weighted by Gasteiger charge is 2.38. The molecule has 0 atom stereocenters. The Morgan fingerprint density at radius 3 is 0.889 bits per heavy atom. The van der Waals surface area contributed by atoms with Crippen LogP contribution in [0, 0.1) is 49.4 Å². The zero-order chi connectivity index (χ0) is 85.3. The summed E-state index contributed by atoms with van der Waals surface area (Å²) in [5, 5.41) is 4.65. The highest BCUT2D eigenvalue weighted by Crippen LogP contribution is 2.54. The quantitative estimate of drug-likeness (QED) is 0.101. The molecule has 2 heterocycles. The van der Waals surface area contributed by atoms with Gasteiger partial charge in [-0.1, -0.05) is 300 Å². The van der Waals surface area contributed by atoms with Crippen LogP contribution in [0.3, 0.4) is 0 Å². The number of benzene rings is 18. The number of fused-ring (bicyclic) bond motifs is 12. The number of rotatable bonds is 14. The van der Waals surface area contributed by atoms with Gasteiger partial charge < -0.3 is 18.9 Å².